The SMILES string of the molecule is CC1(CCCN=C2C3=C(C(F)(F)F)NC(C(F)(F)F)=NC3NN2c2c(Cl)cc(C(C)(F)F)cc2Cl)OCCO1. The fourth-order valence-electron chi connectivity index (χ4n) is 4.19. The van der Waals surface area contributed by atoms with Crippen molar-refractivity contribution in [2.75, 3.05) is 24.8 Å². The van der Waals surface area contributed by atoms with E-state index in [4.69, 9.17) is 32.7 Å². The molecule has 0 aliphatic carbocycles. The van der Waals surface area contributed by atoms with Crippen molar-refractivity contribution in [3.63, 3.8) is 0 Å². The highest BCUT2D eigenvalue weighted by Crippen LogP contribution is 2.43. The summed E-state index contributed by atoms with van der Waals surface area (Å²) >= 11 is 12.4. The summed E-state index contributed by atoms with van der Waals surface area (Å²) in [6.07, 6.45) is -11.9. The molecule has 3 aliphatic heterocycles. The van der Waals surface area contributed by atoms with Gasteiger partial charge in [0.25, 0.3) is 5.92 Å². The monoisotopic (exact) mass is 609 g/mol. The Morgan fingerprint density at radius 3 is 2.15 bits per heavy atom. The number of halogens is 10. The minimum Gasteiger partial charge on any atom is -0.348 e. The normalized spacial score (nSPS) is 22.9. The highest BCUT2D eigenvalue weighted by Gasteiger charge is 2.52. The lowest BCUT2D eigenvalue weighted by Gasteiger charge is -2.25. The molecule has 0 amide bonds. The summed E-state index contributed by atoms with van der Waals surface area (Å²) in [5.74, 6) is -6.67. The lowest BCUT2D eigenvalue weighted by atomic mass is 10.1. The molecule has 0 bridgehead atoms. The standard InChI is InChI=1S/C22H21Cl2F8N5O2/c1-19(38-6-7-39-19)4-3-5-33-17-13-15(21(27,28)29)34-18(22(30,31)32)35-16(13)36-37(17)14-11(23)8-10(9-12(14)24)20(2,25)26/h8-9,16,36H,3-7H2,1-2H3,(H,34,35). The average molecular weight is 610 g/mol. The summed E-state index contributed by atoms with van der Waals surface area (Å²) in [5, 5.41) is 1.32. The van der Waals surface area contributed by atoms with Gasteiger partial charge in [-0.3, -0.25) is 10.0 Å². The lowest BCUT2D eigenvalue weighted by molar-refractivity contribution is -0.146. The van der Waals surface area contributed by atoms with Gasteiger partial charge in [0.2, 0.25) is 5.84 Å². The number of aliphatic imine (C=N–C) groups is 2. The first-order valence-corrected chi connectivity index (χ1v) is 12.2. The van der Waals surface area contributed by atoms with Gasteiger partial charge in [-0.05, 0) is 25.5 Å². The number of allylic oxidation sites excluding steroid dienone is 1. The first-order chi connectivity index (χ1) is 17.9. The molecule has 3 heterocycles. The van der Waals surface area contributed by atoms with Crippen molar-refractivity contribution in [3.05, 3.63) is 39.0 Å². The van der Waals surface area contributed by atoms with Crippen LogP contribution in [0.4, 0.5) is 40.8 Å². The van der Waals surface area contributed by atoms with Gasteiger partial charge < -0.3 is 14.8 Å². The Balaban J connectivity index is 1.80. The predicted octanol–water partition coefficient (Wildman–Crippen LogP) is 6.08. The molecule has 39 heavy (non-hydrogen) atoms. The first-order valence-electron chi connectivity index (χ1n) is 11.4. The molecule has 0 aromatic heterocycles. The minimum absolute atomic E-state index is 0.118. The second-order valence-electron chi connectivity index (χ2n) is 9.07. The number of nitrogens with zero attached hydrogens (tertiary/aromatic N) is 3. The molecule has 0 spiro atoms. The molecule has 1 aromatic rings. The number of ether oxygens (including phenoxy) is 2. The maximum absolute atomic E-state index is 14.0. The second-order valence-corrected chi connectivity index (χ2v) is 9.88. The fraction of sp³-hybridized carbons (Fsp3) is 0.545. The third-order valence-electron chi connectivity index (χ3n) is 6.00. The van der Waals surface area contributed by atoms with Gasteiger partial charge in [0.1, 0.15) is 11.9 Å². The van der Waals surface area contributed by atoms with Crippen LogP contribution in [0.3, 0.4) is 0 Å². The Kier molecular flexibility index (Phi) is 7.88. The molecule has 1 atom stereocenters. The number of nitrogens with one attached hydrogen (secondary N) is 2. The summed E-state index contributed by atoms with van der Waals surface area (Å²) in [6.45, 7) is 2.87. The van der Waals surface area contributed by atoms with E-state index in [-0.39, 0.29) is 18.7 Å². The van der Waals surface area contributed by atoms with E-state index in [1.54, 1.807) is 6.92 Å². The molecule has 7 nitrogen and oxygen atoms in total. The molecule has 1 aromatic carbocycles. The number of rotatable bonds is 6. The predicted molar refractivity (Wildman–Crippen MR) is 127 cm³/mol. The first kappa shape index (κ1) is 29.8. The zero-order chi connectivity index (χ0) is 29.0. The largest absolute Gasteiger partial charge is 0.449 e. The molecular weight excluding hydrogens is 589 g/mol. The van der Waals surface area contributed by atoms with Gasteiger partial charge >= 0.3 is 12.4 Å². The smallest absolute Gasteiger partial charge is 0.348 e. The van der Waals surface area contributed by atoms with E-state index in [2.05, 4.69) is 15.4 Å². The van der Waals surface area contributed by atoms with Gasteiger partial charge in [0.05, 0.1) is 34.5 Å². The molecule has 1 unspecified atom stereocenters. The van der Waals surface area contributed by atoms with E-state index in [0.717, 1.165) is 17.1 Å². The van der Waals surface area contributed by atoms with Crippen LogP contribution in [0.2, 0.25) is 10.0 Å². The summed E-state index contributed by atoms with van der Waals surface area (Å²) in [4.78, 5) is 7.58. The second kappa shape index (κ2) is 10.3. The molecule has 17 heteroatoms. The van der Waals surface area contributed by atoms with E-state index < -0.39 is 68.8 Å². The number of fused-ring (bicyclic) bond motifs is 1. The van der Waals surface area contributed by atoms with Crippen molar-refractivity contribution in [2.45, 2.75) is 56.9 Å². The van der Waals surface area contributed by atoms with Crippen molar-refractivity contribution in [1.29, 1.82) is 0 Å². The molecule has 2 saturated heterocycles. The van der Waals surface area contributed by atoms with Crippen LogP contribution in [0, 0.1) is 0 Å². The van der Waals surface area contributed by atoms with E-state index in [1.807, 2.05) is 0 Å². The van der Waals surface area contributed by atoms with E-state index in [1.165, 1.54) is 5.32 Å². The summed E-state index contributed by atoms with van der Waals surface area (Å²) in [5.41, 5.74) is -0.988. The highest BCUT2D eigenvalue weighted by molar-refractivity contribution is 6.40. The van der Waals surface area contributed by atoms with Gasteiger partial charge in [-0.2, -0.15) is 31.8 Å². The van der Waals surface area contributed by atoms with Crippen molar-refractivity contribution < 1.29 is 44.6 Å². The molecule has 216 valence electrons. The minimum atomic E-state index is -5.28. The van der Waals surface area contributed by atoms with Crippen LogP contribution in [0.1, 0.15) is 32.3 Å². The Bertz CT molecular complexity index is 1200. The van der Waals surface area contributed by atoms with Crippen LogP contribution in [0.25, 0.3) is 0 Å². The molecule has 3 aliphatic rings. The Morgan fingerprint density at radius 1 is 1.05 bits per heavy atom. The number of amidine groups is 2. The van der Waals surface area contributed by atoms with Crippen molar-refractivity contribution in [2.24, 2.45) is 9.98 Å². The number of anilines is 1. The van der Waals surface area contributed by atoms with Gasteiger partial charge in [0.15, 0.2) is 11.6 Å². The summed E-state index contributed by atoms with van der Waals surface area (Å²) in [7, 11) is 0. The molecule has 2 fully saturated rings. The Hall–Kier alpha value is -2.20. The van der Waals surface area contributed by atoms with Crippen LogP contribution in [0.5, 0.6) is 0 Å². The molecule has 2 N–H and O–H groups in total. The fourth-order valence-corrected chi connectivity index (χ4v) is 4.85. The third-order valence-corrected chi connectivity index (χ3v) is 6.57. The number of hydrazine groups is 1. The molecule has 4 rings (SSSR count). The van der Waals surface area contributed by atoms with Crippen molar-refractivity contribution in [3.8, 4) is 0 Å². The van der Waals surface area contributed by atoms with Gasteiger partial charge in [0, 0.05) is 25.5 Å². The van der Waals surface area contributed by atoms with Gasteiger partial charge in [-0.25, -0.2) is 13.8 Å². The van der Waals surface area contributed by atoms with Crippen LogP contribution >= 0.6 is 23.2 Å². The number of hydrogen-bond acceptors (Lipinski definition) is 6. The zero-order valence-corrected chi connectivity index (χ0v) is 21.7. The van der Waals surface area contributed by atoms with Gasteiger partial charge in [-0.15, -0.1) is 0 Å². The Morgan fingerprint density at radius 2 is 1.64 bits per heavy atom. The van der Waals surface area contributed by atoms with E-state index in [9.17, 15) is 35.1 Å². The average Bonchev–Trinajstić information content (AvgIpc) is 3.37. The number of benzene rings is 1. The number of hydrogen-bond donors (Lipinski definition) is 2. The van der Waals surface area contributed by atoms with Gasteiger partial charge in [-0.1, -0.05) is 23.2 Å². The van der Waals surface area contributed by atoms with Crippen molar-refractivity contribution in [1.82, 2.24) is 10.7 Å². The maximum Gasteiger partial charge on any atom is 0.449 e. The van der Waals surface area contributed by atoms with Crippen LogP contribution in [-0.2, 0) is 15.4 Å². The quantitative estimate of drug-likeness (QED) is 0.302. The Labute approximate surface area is 226 Å². The summed E-state index contributed by atoms with van der Waals surface area (Å²) in [6, 6.07) is 1.70. The van der Waals surface area contributed by atoms with E-state index >= 15 is 0 Å². The van der Waals surface area contributed by atoms with E-state index in [0.29, 0.717) is 26.6 Å². The molecule has 0 saturated carbocycles. The van der Waals surface area contributed by atoms with Crippen LogP contribution in [-0.4, -0.2) is 55.7 Å². The highest BCUT2D eigenvalue weighted by atomic mass is 35.5. The maximum atomic E-state index is 14.0. The van der Waals surface area contributed by atoms with Crippen LogP contribution in [0.15, 0.2) is 33.4 Å². The summed E-state index contributed by atoms with van der Waals surface area (Å²) < 4.78 is 121. The molecule has 0 radical (unpaired) electrons. The van der Waals surface area contributed by atoms with Crippen LogP contribution < -0.4 is 15.8 Å². The topological polar surface area (TPSA) is 70.5 Å². The zero-order valence-electron chi connectivity index (χ0n) is 20.2. The van der Waals surface area contributed by atoms with Crippen molar-refractivity contribution >= 4 is 40.6 Å². The third kappa shape index (κ3) is 6.26. The lowest BCUT2D eigenvalue weighted by Crippen LogP contribution is -2.47. The molecular formula is C22H21Cl2F8N5O2. The number of alkyl halides is 8.